The minimum absolute atomic E-state index is 0.0584. The summed E-state index contributed by atoms with van der Waals surface area (Å²) >= 11 is 0. The average molecular weight is 223 g/mol. The molecular formula is C11H17N3O2. The van der Waals surface area contributed by atoms with Crippen LogP contribution in [0.1, 0.15) is 12.6 Å². The molecule has 3 N–H and O–H groups in total. The Morgan fingerprint density at radius 2 is 2.38 bits per heavy atom. The highest BCUT2D eigenvalue weighted by atomic mass is 16.5. The van der Waals surface area contributed by atoms with E-state index in [9.17, 15) is 4.79 Å². The third kappa shape index (κ3) is 4.75. The van der Waals surface area contributed by atoms with E-state index in [1.54, 1.807) is 18.3 Å². The number of ether oxygens (including phenoxy) is 1. The van der Waals surface area contributed by atoms with Gasteiger partial charge in [0, 0.05) is 18.8 Å². The van der Waals surface area contributed by atoms with Crippen molar-refractivity contribution in [2.45, 2.75) is 13.3 Å². The highest BCUT2D eigenvalue weighted by Gasteiger charge is 2.03. The van der Waals surface area contributed by atoms with Crippen LogP contribution in [0.15, 0.2) is 18.3 Å². The number of amides is 1. The number of anilines is 1. The number of pyridine rings is 1. The van der Waals surface area contributed by atoms with Crippen LogP contribution in [0.4, 0.5) is 5.69 Å². The minimum atomic E-state index is -0.0584. The molecule has 5 nitrogen and oxygen atoms in total. The van der Waals surface area contributed by atoms with Crippen molar-refractivity contribution < 1.29 is 9.53 Å². The molecule has 0 aliphatic heterocycles. The number of nitrogens with two attached hydrogens (primary N) is 1. The molecular weight excluding hydrogens is 206 g/mol. The standard InChI is InChI=1S/C11H17N3O2/c1-2-16-6-5-13-11(15)7-10-4-3-9(12)8-14-10/h3-4,8H,2,5-7,12H2,1H3,(H,13,15). The Morgan fingerprint density at radius 3 is 3.00 bits per heavy atom. The molecule has 0 unspecified atom stereocenters. The summed E-state index contributed by atoms with van der Waals surface area (Å²) < 4.78 is 5.10. The molecule has 1 aromatic heterocycles. The van der Waals surface area contributed by atoms with E-state index >= 15 is 0 Å². The van der Waals surface area contributed by atoms with E-state index < -0.39 is 0 Å². The third-order valence-corrected chi connectivity index (χ3v) is 1.96. The van der Waals surface area contributed by atoms with Crippen LogP contribution in [0.3, 0.4) is 0 Å². The summed E-state index contributed by atoms with van der Waals surface area (Å²) in [4.78, 5) is 15.5. The van der Waals surface area contributed by atoms with Crippen LogP contribution in [0.5, 0.6) is 0 Å². The van der Waals surface area contributed by atoms with Crippen molar-refractivity contribution in [1.82, 2.24) is 10.3 Å². The van der Waals surface area contributed by atoms with Gasteiger partial charge in [0.2, 0.25) is 5.91 Å². The zero-order chi connectivity index (χ0) is 11.8. The molecule has 0 fully saturated rings. The van der Waals surface area contributed by atoms with Gasteiger partial charge in [-0.2, -0.15) is 0 Å². The van der Waals surface area contributed by atoms with Gasteiger partial charge < -0.3 is 15.8 Å². The van der Waals surface area contributed by atoms with E-state index in [0.29, 0.717) is 31.1 Å². The highest BCUT2D eigenvalue weighted by Crippen LogP contribution is 2.01. The first-order chi connectivity index (χ1) is 7.72. The fraction of sp³-hybridized carbons (Fsp3) is 0.455. The highest BCUT2D eigenvalue weighted by molar-refractivity contribution is 5.78. The first-order valence-corrected chi connectivity index (χ1v) is 5.27. The second-order valence-corrected chi connectivity index (χ2v) is 3.31. The Morgan fingerprint density at radius 1 is 1.56 bits per heavy atom. The molecule has 0 spiro atoms. The Hall–Kier alpha value is -1.62. The molecule has 1 heterocycles. The second-order valence-electron chi connectivity index (χ2n) is 3.31. The molecule has 0 atom stereocenters. The van der Waals surface area contributed by atoms with E-state index in [-0.39, 0.29) is 12.3 Å². The fourth-order valence-corrected chi connectivity index (χ4v) is 1.17. The van der Waals surface area contributed by atoms with Crippen molar-refractivity contribution in [1.29, 1.82) is 0 Å². The van der Waals surface area contributed by atoms with Gasteiger partial charge in [-0.15, -0.1) is 0 Å². The Bertz CT molecular complexity index is 325. The zero-order valence-corrected chi connectivity index (χ0v) is 9.40. The van der Waals surface area contributed by atoms with Gasteiger partial charge in [0.1, 0.15) is 0 Å². The lowest BCUT2D eigenvalue weighted by Gasteiger charge is -2.05. The molecule has 0 radical (unpaired) electrons. The number of carbonyl (C=O) groups excluding carboxylic acids is 1. The van der Waals surface area contributed by atoms with Crippen LogP contribution in [0.2, 0.25) is 0 Å². The molecule has 16 heavy (non-hydrogen) atoms. The topological polar surface area (TPSA) is 77.2 Å². The van der Waals surface area contributed by atoms with Gasteiger partial charge in [0.15, 0.2) is 0 Å². The van der Waals surface area contributed by atoms with Crippen LogP contribution in [0.25, 0.3) is 0 Å². The largest absolute Gasteiger partial charge is 0.397 e. The van der Waals surface area contributed by atoms with E-state index in [1.165, 1.54) is 0 Å². The van der Waals surface area contributed by atoms with Crippen LogP contribution in [0, 0.1) is 0 Å². The molecule has 0 bridgehead atoms. The van der Waals surface area contributed by atoms with Gasteiger partial charge in [-0.3, -0.25) is 9.78 Å². The number of nitrogens with zero attached hydrogens (tertiary/aromatic N) is 1. The number of carbonyl (C=O) groups is 1. The van der Waals surface area contributed by atoms with Crippen LogP contribution < -0.4 is 11.1 Å². The van der Waals surface area contributed by atoms with Gasteiger partial charge >= 0.3 is 0 Å². The molecule has 1 rings (SSSR count). The maximum absolute atomic E-state index is 11.4. The first-order valence-electron chi connectivity index (χ1n) is 5.27. The molecule has 0 saturated heterocycles. The summed E-state index contributed by atoms with van der Waals surface area (Å²) in [5.74, 6) is -0.0584. The average Bonchev–Trinajstić information content (AvgIpc) is 2.28. The first kappa shape index (κ1) is 12.4. The normalized spacial score (nSPS) is 10.1. The summed E-state index contributed by atoms with van der Waals surface area (Å²) in [5.41, 5.74) is 6.80. The molecule has 1 aromatic rings. The van der Waals surface area contributed by atoms with Gasteiger partial charge in [-0.05, 0) is 19.1 Å². The molecule has 0 aliphatic rings. The van der Waals surface area contributed by atoms with Crippen molar-refractivity contribution in [2.24, 2.45) is 0 Å². The Balaban J connectivity index is 2.26. The van der Waals surface area contributed by atoms with Crippen molar-refractivity contribution >= 4 is 11.6 Å². The number of rotatable bonds is 6. The number of hydrogen-bond donors (Lipinski definition) is 2. The summed E-state index contributed by atoms with van der Waals surface area (Å²) in [6, 6.07) is 3.48. The summed E-state index contributed by atoms with van der Waals surface area (Å²) in [5, 5.41) is 2.75. The lowest BCUT2D eigenvalue weighted by molar-refractivity contribution is -0.120. The van der Waals surface area contributed by atoms with Crippen LogP contribution in [-0.2, 0) is 16.0 Å². The SMILES string of the molecule is CCOCCNC(=O)Cc1ccc(N)cn1. The maximum atomic E-state index is 11.4. The predicted molar refractivity (Wildman–Crippen MR) is 61.9 cm³/mol. The van der Waals surface area contributed by atoms with Gasteiger partial charge in [0.25, 0.3) is 0 Å². The molecule has 0 saturated carbocycles. The van der Waals surface area contributed by atoms with Crippen molar-refractivity contribution in [3.8, 4) is 0 Å². The molecule has 0 aromatic carbocycles. The van der Waals surface area contributed by atoms with Gasteiger partial charge in [-0.25, -0.2) is 0 Å². The zero-order valence-electron chi connectivity index (χ0n) is 9.40. The quantitative estimate of drug-likeness (QED) is 0.683. The molecule has 1 amide bonds. The van der Waals surface area contributed by atoms with E-state index in [2.05, 4.69) is 10.3 Å². The number of aromatic nitrogens is 1. The Labute approximate surface area is 95.0 Å². The summed E-state index contributed by atoms with van der Waals surface area (Å²) in [6.45, 7) is 3.65. The number of nitrogen functional groups attached to an aromatic ring is 1. The molecule has 88 valence electrons. The third-order valence-electron chi connectivity index (χ3n) is 1.96. The van der Waals surface area contributed by atoms with Crippen LogP contribution >= 0.6 is 0 Å². The van der Waals surface area contributed by atoms with Crippen LogP contribution in [-0.4, -0.2) is 30.6 Å². The number of hydrogen-bond acceptors (Lipinski definition) is 4. The minimum Gasteiger partial charge on any atom is -0.397 e. The summed E-state index contributed by atoms with van der Waals surface area (Å²) in [7, 11) is 0. The Kier molecular flexibility index (Phi) is 5.28. The molecule has 0 aliphatic carbocycles. The van der Waals surface area contributed by atoms with Gasteiger partial charge in [0.05, 0.1) is 24.9 Å². The fourth-order valence-electron chi connectivity index (χ4n) is 1.17. The number of nitrogens with one attached hydrogen (secondary N) is 1. The lowest BCUT2D eigenvalue weighted by atomic mass is 10.2. The van der Waals surface area contributed by atoms with Crippen molar-refractivity contribution in [3.63, 3.8) is 0 Å². The molecule has 5 heteroatoms. The van der Waals surface area contributed by atoms with Crippen molar-refractivity contribution in [3.05, 3.63) is 24.0 Å². The van der Waals surface area contributed by atoms with E-state index in [0.717, 1.165) is 0 Å². The smallest absolute Gasteiger partial charge is 0.226 e. The van der Waals surface area contributed by atoms with Gasteiger partial charge in [-0.1, -0.05) is 0 Å². The van der Waals surface area contributed by atoms with Crippen molar-refractivity contribution in [2.75, 3.05) is 25.5 Å². The predicted octanol–water partition coefficient (Wildman–Crippen LogP) is 0.359. The lowest BCUT2D eigenvalue weighted by Crippen LogP contribution is -2.28. The maximum Gasteiger partial charge on any atom is 0.226 e. The van der Waals surface area contributed by atoms with E-state index in [1.807, 2.05) is 6.92 Å². The summed E-state index contributed by atoms with van der Waals surface area (Å²) in [6.07, 6.45) is 1.81. The second kappa shape index (κ2) is 6.79. The monoisotopic (exact) mass is 223 g/mol. The van der Waals surface area contributed by atoms with E-state index in [4.69, 9.17) is 10.5 Å².